The molecule has 0 amide bonds. The Morgan fingerprint density at radius 2 is 1.68 bits per heavy atom. The van der Waals surface area contributed by atoms with Crippen LogP contribution in [0.15, 0.2) is 23.3 Å². The second-order valence-corrected chi connectivity index (χ2v) is 6.71. The summed E-state index contributed by atoms with van der Waals surface area (Å²) in [6, 6.07) is 0. The summed E-state index contributed by atoms with van der Waals surface area (Å²) in [7, 11) is 1.47. The van der Waals surface area contributed by atoms with E-state index >= 15 is 0 Å². The average Bonchev–Trinajstić information content (AvgIpc) is 2.48. The fraction of sp³-hybridized carbons (Fsp3) is 0.684. The van der Waals surface area contributed by atoms with Crippen molar-refractivity contribution in [2.24, 2.45) is 11.8 Å². The summed E-state index contributed by atoms with van der Waals surface area (Å²) in [5.41, 5.74) is 1.87. The van der Waals surface area contributed by atoms with Gasteiger partial charge in [0, 0.05) is 13.2 Å². The van der Waals surface area contributed by atoms with Gasteiger partial charge in [-0.05, 0) is 38.2 Å². The standard InChI is InChI=1S/C19H32O6/c1-13(9-14(2)10-15(3)11-18(21)22)7-5-6-8-17(25-4)16(12-20)19(23)24/h10-11,13,16-17,20H,5-9,12H2,1-4H3,(H,21,22)(H,23,24)/b14-10+,15-11+. The number of ether oxygens (including phenoxy) is 1. The summed E-state index contributed by atoms with van der Waals surface area (Å²) >= 11 is 0. The molecule has 25 heavy (non-hydrogen) atoms. The summed E-state index contributed by atoms with van der Waals surface area (Å²) in [6.07, 6.45) is 6.92. The van der Waals surface area contributed by atoms with E-state index in [0.29, 0.717) is 12.3 Å². The maximum Gasteiger partial charge on any atom is 0.328 e. The number of allylic oxidation sites excluding steroid dienone is 3. The first-order valence-electron chi connectivity index (χ1n) is 8.66. The van der Waals surface area contributed by atoms with Gasteiger partial charge >= 0.3 is 11.9 Å². The molecule has 0 saturated heterocycles. The van der Waals surface area contributed by atoms with Crippen molar-refractivity contribution in [1.29, 1.82) is 0 Å². The molecule has 0 fully saturated rings. The number of methoxy groups -OCH3 is 1. The summed E-state index contributed by atoms with van der Waals surface area (Å²) in [5, 5.41) is 26.9. The lowest BCUT2D eigenvalue weighted by Gasteiger charge is -2.21. The van der Waals surface area contributed by atoms with Gasteiger partial charge in [0.05, 0.1) is 12.7 Å². The highest BCUT2D eigenvalue weighted by atomic mass is 16.5. The minimum Gasteiger partial charge on any atom is -0.481 e. The number of rotatable bonds is 13. The molecule has 0 aromatic rings. The molecule has 3 unspecified atom stereocenters. The van der Waals surface area contributed by atoms with E-state index in [1.165, 1.54) is 13.2 Å². The lowest BCUT2D eigenvalue weighted by atomic mass is 9.93. The number of hydrogen-bond acceptors (Lipinski definition) is 4. The number of carboxylic acids is 2. The molecule has 0 aromatic heterocycles. The number of aliphatic hydroxyl groups excluding tert-OH is 1. The third kappa shape index (κ3) is 10.7. The quantitative estimate of drug-likeness (QED) is 0.266. The van der Waals surface area contributed by atoms with E-state index in [4.69, 9.17) is 20.1 Å². The molecule has 0 aromatic carbocycles. The van der Waals surface area contributed by atoms with Crippen LogP contribution in [0.3, 0.4) is 0 Å². The van der Waals surface area contributed by atoms with Crippen molar-refractivity contribution in [3.63, 3.8) is 0 Å². The number of hydrogen-bond donors (Lipinski definition) is 3. The molecule has 3 atom stereocenters. The highest BCUT2D eigenvalue weighted by Crippen LogP contribution is 2.21. The van der Waals surface area contributed by atoms with Gasteiger partial charge in [-0.15, -0.1) is 0 Å². The molecule has 0 spiro atoms. The van der Waals surface area contributed by atoms with E-state index < -0.39 is 30.6 Å². The van der Waals surface area contributed by atoms with Crippen LogP contribution in [-0.2, 0) is 14.3 Å². The molecule has 0 rings (SSSR count). The highest BCUT2D eigenvalue weighted by Gasteiger charge is 2.26. The zero-order chi connectivity index (χ0) is 19.4. The first-order valence-corrected chi connectivity index (χ1v) is 8.66. The Balaban J connectivity index is 4.26. The average molecular weight is 356 g/mol. The lowest BCUT2D eigenvalue weighted by Crippen LogP contribution is -2.32. The second-order valence-electron chi connectivity index (χ2n) is 6.71. The van der Waals surface area contributed by atoms with Crippen LogP contribution in [-0.4, -0.2) is 47.1 Å². The monoisotopic (exact) mass is 356 g/mol. The predicted octanol–water partition coefficient (Wildman–Crippen LogP) is 3.26. The smallest absolute Gasteiger partial charge is 0.328 e. The maximum atomic E-state index is 11.1. The normalized spacial score (nSPS) is 16.4. The molecule has 0 heterocycles. The van der Waals surface area contributed by atoms with Gasteiger partial charge < -0.3 is 20.1 Å². The molecule has 144 valence electrons. The molecule has 0 bridgehead atoms. The molecule has 6 heteroatoms. The third-order valence-electron chi connectivity index (χ3n) is 4.20. The Morgan fingerprint density at radius 1 is 1.08 bits per heavy atom. The van der Waals surface area contributed by atoms with Gasteiger partial charge in [0.15, 0.2) is 0 Å². The van der Waals surface area contributed by atoms with Gasteiger partial charge in [0.1, 0.15) is 5.92 Å². The van der Waals surface area contributed by atoms with Crippen LogP contribution in [0.2, 0.25) is 0 Å². The fourth-order valence-corrected chi connectivity index (χ4v) is 3.01. The van der Waals surface area contributed by atoms with Crippen LogP contribution < -0.4 is 0 Å². The van der Waals surface area contributed by atoms with Crippen LogP contribution in [0.1, 0.15) is 52.9 Å². The van der Waals surface area contributed by atoms with Crippen LogP contribution in [0.5, 0.6) is 0 Å². The summed E-state index contributed by atoms with van der Waals surface area (Å²) in [4.78, 5) is 21.7. The molecule has 6 nitrogen and oxygen atoms in total. The minimum absolute atomic E-state index is 0.419. The summed E-state index contributed by atoms with van der Waals surface area (Å²) < 4.78 is 5.21. The van der Waals surface area contributed by atoms with Gasteiger partial charge in [0.25, 0.3) is 0 Å². The Bertz CT molecular complexity index is 480. The molecular formula is C19H32O6. The van der Waals surface area contributed by atoms with Crippen LogP contribution in [0, 0.1) is 11.8 Å². The SMILES string of the molecule is COC(CCCCC(C)C/C(C)=C/C(C)=C/C(=O)O)C(CO)C(=O)O. The number of unbranched alkanes of at least 4 members (excludes halogenated alkanes) is 1. The van der Waals surface area contributed by atoms with E-state index in [1.807, 2.05) is 13.0 Å². The third-order valence-corrected chi connectivity index (χ3v) is 4.20. The van der Waals surface area contributed by atoms with Gasteiger partial charge in [-0.2, -0.15) is 0 Å². The maximum absolute atomic E-state index is 11.1. The van der Waals surface area contributed by atoms with Crippen molar-refractivity contribution >= 4 is 11.9 Å². The Kier molecular flexibility index (Phi) is 11.8. The fourth-order valence-electron chi connectivity index (χ4n) is 3.01. The predicted molar refractivity (Wildman–Crippen MR) is 96.4 cm³/mol. The Hall–Kier alpha value is -1.66. The minimum atomic E-state index is -1.03. The van der Waals surface area contributed by atoms with E-state index in [9.17, 15) is 9.59 Å². The first kappa shape index (κ1) is 23.3. The van der Waals surface area contributed by atoms with Crippen molar-refractivity contribution in [2.75, 3.05) is 13.7 Å². The number of carboxylic acid groups (broad SMARTS) is 2. The van der Waals surface area contributed by atoms with Crippen molar-refractivity contribution < 1.29 is 29.6 Å². The van der Waals surface area contributed by atoms with Gasteiger partial charge in [0.2, 0.25) is 0 Å². The molecule has 0 radical (unpaired) electrons. The van der Waals surface area contributed by atoms with E-state index in [1.54, 1.807) is 6.92 Å². The Labute approximate surface area is 150 Å². The van der Waals surface area contributed by atoms with Crippen molar-refractivity contribution in [1.82, 2.24) is 0 Å². The molecular weight excluding hydrogens is 324 g/mol. The van der Waals surface area contributed by atoms with Crippen LogP contribution >= 0.6 is 0 Å². The zero-order valence-corrected chi connectivity index (χ0v) is 15.7. The summed E-state index contributed by atoms with van der Waals surface area (Å²) in [6.45, 7) is 5.50. The lowest BCUT2D eigenvalue weighted by molar-refractivity contribution is -0.149. The first-order chi connectivity index (χ1) is 11.7. The van der Waals surface area contributed by atoms with Gasteiger partial charge in [-0.25, -0.2) is 4.79 Å². The van der Waals surface area contributed by atoms with E-state index in [0.717, 1.165) is 36.8 Å². The summed E-state index contributed by atoms with van der Waals surface area (Å²) in [5.74, 6) is -2.39. The van der Waals surface area contributed by atoms with Crippen molar-refractivity contribution in [3.05, 3.63) is 23.3 Å². The second kappa shape index (κ2) is 12.7. The largest absolute Gasteiger partial charge is 0.481 e. The Morgan fingerprint density at radius 3 is 2.16 bits per heavy atom. The van der Waals surface area contributed by atoms with Gasteiger partial charge in [-0.3, -0.25) is 4.79 Å². The molecule has 0 aliphatic heterocycles. The molecule has 0 aliphatic carbocycles. The number of carbonyl (C=O) groups is 2. The van der Waals surface area contributed by atoms with E-state index in [-0.39, 0.29) is 0 Å². The highest BCUT2D eigenvalue weighted by molar-refractivity contribution is 5.81. The van der Waals surface area contributed by atoms with Crippen LogP contribution in [0.25, 0.3) is 0 Å². The molecule has 3 N–H and O–H groups in total. The number of aliphatic carboxylic acids is 2. The molecule has 0 saturated carbocycles. The van der Waals surface area contributed by atoms with Crippen molar-refractivity contribution in [3.8, 4) is 0 Å². The van der Waals surface area contributed by atoms with Crippen molar-refractivity contribution in [2.45, 2.75) is 59.0 Å². The zero-order valence-electron chi connectivity index (χ0n) is 15.7. The van der Waals surface area contributed by atoms with E-state index in [2.05, 4.69) is 6.92 Å². The number of aliphatic hydroxyl groups is 1. The topological polar surface area (TPSA) is 104 Å². The van der Waals surface area contributed by atoms with Crippen LogP contribution in [0.4, 0.5) is 0 Å². The van der Waals surface area contributed by atoms with Gasteiger partial charge in [-0.1, -0.05) is 37.8 Å². The molecule has 0 aliphatic rings.